The molecule has 0 aliphatic rings. The molecular formula is C20H19ClN2O3. The Morgan fingerprint density at radius 2 is 2.12 bits per heavy atom. The Kier molecular flexibility index (Phi) is 5.58. The van der Waals surface area contributed by atoms with Gasteiger partial charge in [0.15, 0.2) is 5.76 Å². The third-order valence-corrected chi connectivity index (χ3v) is 4.13. The molecule has 0 spiro atoms. The second-order valence-corrected chi connectivity index (χ2v) is 6.30. The number of hydrogen-bond donors (Lipinski definition) is 1. The Labute approximate surface area is 156 Å². The van der Waals surface area contributed by atoms with E-state index in [4.69, 9.17) is 20.8 Å². The molecule has 0 aliphatic heterocycles. The molecule has 0 unspecified atom stereocenters. The molecule has 0 saturated carbocycles. The summed E-state index contributed by atoms with van der Waals surface area (Å²) in [6.07, 6.45) is 2.55. The summed E-state index contributed by atoms with van der Waals surface area (Å²) < 4.78 is 11.4. The Morgan fingerprint density at radius 3 is 2.92 bits per heavy atom. The zero-order valence-electron chi connectivity index (χ0n) is 14.5. The van der Waals surface area contributed by atoms with Crippen LogP contribution in [0.3, 0.4) is 0 Å². The minimum Gasteiger partial charge on any atom is -0.490 e. The van der Waals surface area contributed by atoms with E-state index >= 15 is 0 Å². The lowest BCUT2D eigenvalue weighted by Crippen LogP contribution is -2.17. The Hall–Kier alpha value is -2.79. The number of fused-ring (bicyclic) bond motifs is 1. The van der Waals surface area contributed by atoms with Crippen molar-refractivity contribution in [2.45, 2.75) is 26.4 Å². The first-order valence-electron chi connectivity index (χ1n) is 8.35. The molecule has 0 bridgehead atoms. The van der Waals surface area contributed by atoms with E-state index < -0.39 is 5.91 Å². The average molecular weight is 371 g/mol. The fourth-order valence-electron chi connectivity index (χ4n) is 2.34. The van der Waals surface area contributed by atoms with E-state index in [9.17, 15) is 4.79 Å². The molecule has 2 aromatic carbocycles. The summed E-state index contributed by atoms with van der Waals surface area (Å²) in [5, 5.41) is 5.36. The van der Waals surface area contributed by atoms with Gasteiger partial charge in [0.25, 0.3) is 0 Å². The summed E-state index contributed by atoms with van der Waals surface area (Å²) in [6.45, 7) is 4.06. The number of para-hydroxylation sites is 1. The molecule has 26 heavy (non-hydrogen) atoms. The van der Waals surface area contributed by atoms with E-state index in [1.165, 1.54) is 0 Å². The van der Waals surface area contributed by atoms with E-state index in [1.807, 2.05) is 31.2 Å². The number of carbonyl (C=O) groups excluding carboxylic acids is 1. The van der Waals surface area contributed by atoms with Gasteiger partial charge in [-0.25, -0.2) is 5.43 Å². The van der Waals surface area contributed by atoms with Gasteiger partial charge in [-0.1, -0.05) is 30.7 Å². The van der Waals surface area contributed by atoms with Crippen molar-refractivity contribution >= 4 is 34.7 Å². The maximum atomic E-state index is 12.2. The molecule has 1 heterocycles. The van der Waals surface area contributed by atoms with E-state index in [0.29, 0.717) is 10.6 Å². The molecule has 0 radical (unpaired) electrons. The van der Waals surface area contributed by atoms with Crippen LogP contribution in [-0.2, 0) is 0 Å². The van der Waals surface area contributed by atoms with Crippen molar-refractivity contribution in [3.05, 3.63) is 64.9 Å². The molecular weight excluding hydrogens is 352 g/mol. The SMILES string of the molecule is CC[C@H](C)Oc1ccccc1/C=N/NC(=O)c1cc2cc(Cl)ccc2o1. The number of amides is 1. The number of hydrogen-bond acceptors (Lipinski definition) is 4. The molecule has 1 aromatic heterocycles. The second kappa shape index (κ2) is 8.06. The topological polar surface area (TPSA) is 63.8 Å². The molecule has 1 atom stereocenters. The largest absolute Gasteiger partial charge is 0.490 e. The van der Waals surface area contributed by atoms with Crippen molar-refractivity contribution < 1.29 is 13.9 Å². The number of nitrogens with one attached hydrogen (secondary N) is 1. The van der Waals surface area contributed by atoms with Crippen LogP contribution < -0.4 is 10.2 Å². The van der Waals surface area contributed by atoms with Gasteiger partial charge in [0.1, 0.15) is 11.3 Å². The van der Waals surface area contributed by atoms with Crippen LogP contribution in [0.5, 0.6) is 5.75 Å². The molecule has 0 aliphatic carbocycles. The van der Waals surface area contributed by atoms with Gasteiger partial charge in [-0.3, -0.25) is 4.79 Å². The van der Waals surface area contributed by atoms with Crippen LogP contribution >= 0.6 is 11.6 Å². The summed E-state index contributed by atoms with van der Waals surface area (Å²) in [6, 6.07) is 14.3. The number of benzene rings is 2. The summed E-state index contributed by atoms with van der Waals surface area (Å²) in [4.78, 5) is 12.2. The van der Waals surface area contributed by atoms with Gasteiger partial charge in [-0.05, 0) is 49.7 Å². The number of halogens is 1. The molecule has 3 aromatic rings. The third kappa shape index (κ3) is 4.24. The van der Waals surface area contributed by atoms with Gasteiger partial charge in [-0.15, -0.1) is 0 Å². The van der Waals surface area contributed by atoms with E-state index in [1.54, 1.807) is 30.5 Å². The zero-order valence-corrected chi connectivity index (χ0v) is 15.3. The van der Waals surface area contributed by atoms with Crippen molar-refractivity contribution in [2.75, 3.05) is 0 Å². The first kappa shape index (κ1) is 18.0. The van der Waals surface area contributed by atoms with Crippen LogP contribution in [0.1, 0.15) is 36.4 Å². The Morgan fingerprint density at radius 1 is 1.31 bits per heavy atom. The third-order valence-electron chi connectivity index (χ3n) is 3.89. The van der Waals surface area contributed by atoms with E-state index in [2.05, 4.69) is 17.5 Å². The lowest BCUT2D eigenvalue weighted by Gasteiger charge is -2.14. The van der Waals surface area contributed by atoms with Gasteiger partial charge in [0.2, 0.25) is 0 Å². The first-order valence-corrected chi connectivity index (χ1v) is 8.73. The highest BCUT2D eigenvalue weighted by Crippen LogP contribution is 2.23. The fraction of sp³-hybridized carbons (Fsp3) is 0.200. The highest BCUT2D eigenvalue weighted by Gasteiger charge is 2.12. The maximum absolute atomic E-state index is 12.2. The minimum absolute atomic E-state index is 0.0986. The number of nitrogens with zero attached hydrogens (tertiary/aromatic N) is 1. The van der Waals surface area contributed by atoms with Crippen molar-refractivity contribution in [3.63, 3.8) is 0 Å². The maximum Gasteiger partial charge on any atom is 0.307 e. The zero-order chi connectivity index (χ0) is 18.5. The summed E-state index contributed by atoms with van der Waals surface area (Å²) in [7, 11) is 0. The minimum atomic E-state index is -0.436. The van der Waals surface area contributed by atoms with Gasteiger partial charge in [0, 0.05) is 16.0 Å². The number of carbonyl (C=O) groups is 1. The average Bonchev–Trinajstić information content (AvgIpc) is 3.06. The summed E-state index contributed by atoms with van der Waals surface area (Å²) in [5.74, 6) is 0.454. The first-order chi connectivity index (χ1) is 12.6. The molecule has 0 saturated heterocycles. The summed E-state index contributed by atoms with van der Waals surface area (Å²) in [5.41, 5.74) is 3.84. The monoisotopic (exact) mass is 370 g/mol. The van der Waals surface area contributed by atoms with Crippen LogP contribution in [-0.4, -0.2) is 18.2 Å². The molecule has 3 rings (SSSR count). The fourth-order valence-corrected chi connectivity index (χ4v) is 2.52. The van der Waals surface area contributed by atoms with Crippen molar-refractivity contribution in [2.24, 2.45) is 5.10 Å². The van der Waals surface area contributed by atoms with Crippen LogP contribution in [0.2, 0.25) is 5.02 Å². The Bertz CT molecular complexity index is 949. The molecule has 1 N–H and O–H groups in total. The number of furan rings is 1. The molecule has 134 valence electrons. The van der Waals surface area contributed by atoms with Crippen molar-refractivity contribution in [1.82, 2.24) is 5.43 Å². The van der Waals surface area contributed by atoms with Crippen molar-refractivity contribution in [1.29, 1.82) is 0 Å². The number of hydrazone groups is 1. The lowest BCUT2D eigenvalue weighted by atomic mass is 10.2. The van der Waals surface area contributed by atoms with E-state index in [-0.39, 0.29) is 11.9 Å². The number of ether oxygens (including phenoxy) is 1. The Balaban J connectivity index is 1.70. The highest BCUT2D eigenvalue weighted by atomic mass is 35.5. The van der Waals surface area contributed by atoms with Crippen molar-refractivity contribution in [3.8, 4) is 5.75 Å². The van der Waals surface area contributed by atoms with Crippen LogP contribution in [0, 0.1) is 0 Å². The standard InChI is InChI=1S/C20H19ClN2O3/c1-3-13(2)25-17-7-5-4-6-14(17)12-22-23-20(24)19-11-15-10-16(21)8-9-18(15)26-19/h4-13H,3H2,1-2H3,(H,23,24)/b22-12+/t13-/m0/s1. The lowest BCUT2D eigenvalue weighted by molar-refractivity contribution is 0.0929. The summed E-state index contributed by atoms with van der Waals surface area (Å²) >= 11 is 5.94. The molecule has 6 heteroatoms. The molecule has 0 fully saturated rings. The smallest absolute Gasteiger partial charge is 0.307 e. The van der Waals surface area contributed by atoms with Gasteiger partial charge < -0.3 is 9.15 Å². The van der Waals surface area contributed by atoms with Crippen LogP contribution in [0.15, 0.2) is 58.0 Å². The predicted molar refractivity (Wildman–Crippen MR) is 103 cm³/mol. The van der Waals surface area contributed by atoms with Crippen LogP contribution in [0.4, 0.5) is 0 Å². The van der Waals surface area contributed by atoms with Gasteiger partial charge in [-0.2, -0.15) is 5.10 Å². The normalized spacial score (nSPS) is 12.4. The van der Waals surface area contributed by atoms with Gasteiger partial charge >= 0.3 is 5.91 Å². The molecule has 1 amide bonds. The second-order valence-electron chi connectivity index (χ2n) is 5.87. The van der Waals surface area contributed by atoms with Gasteiger partial charge in [0.05, 0.1) is 12.3 Å². The predicted octanol–water partition coefficient (Wildman–Crippen LogP) is 5.03. The highest BCUT2D eigenvalue weighted by molar-refractivity contribution is 6.31. The van der Waals surface area contributed by atoms with E-state index in [0.717, 1.165) is 23.1 Å². The van der Waals surface area contributed by atoms with Crippen LogP contribution in [0.25, 0.3) is 11.0 Å². The number of rotatable bonds is 6. The molecule has 5 nitrogen and oxygen atoms in total. The quantitative estimate of drug-likeness (QED) is 0.489.